The number of aryl methyl sites for hydroxylation is 1. The highest BCUT2D eigenvalue weighted by Crippen LogP contribution is 2.41. The number of rotatable bonds is 1. The van der Waals surface area contributed by atoms with Gasteiger partial charge in [-0.05, 0) is 37.8 Å². The summed E-state index contributed by atoms with van der Waals surface area (Å²) in [5.74, 6) is 1.22. The molecule has 0 fully saturated rings. The minimum absolute atomic E-state index is 0.0164. The maximum atomic E-state index is 11.9. The Morgan fingerprint density at radius 2 is 2.00 bits per heavy atom. The number of ether oxygens (including phenoxy) is 1. The molecule has 0 aromatic heterocycles. The van der Waals surface area contributed by atoms with E-state index in [1.165, 1.54) is 0 Å². The maximum absolute atomic E-state index is 11.9. The summed E-state index contributed by atoms with van der Waals surface area (Å²) in [6, 6.07) is 4.13. The third-order valence-electron chi connectivity index (χ3n) is 3.25. The third-order valence-corrected chi connectivity index (χ3v) is 3.25. The largest absolute Gasteiger partial charge is 0.485 e. The van der Waals surface area contributed by atoms with Gasteiger partial charge in [0.1, 0.15) is 11.4 Å². The predicted octanol–water partition coefficient (Wildman–Crippen LogP) is 3.62. The minimum Gasteiger partial charge on any atom is -0.485 e. The number of hydrogen-bond donors (Lipinski definition) is 1. The molecule has 1 heterocycles. The van der Waals surface area contributed by atoms with E-state index in [9.17, 15) is 4.79 Å². The first-order valence-corrected chi connectivity index (χ1v) is 6.42. The van der Waals surface area contributed by atoms with Crippen LogP contribution < -0.4 is 10.1 Å². The number of fused-ring (bicyclic) bond motifs is 1. The van der Waals surface area contributed by atoms with Crippen LogP contribution in [-0.2, 0) is 4.79 Å². The van der Waals surface area contributed by atoms with Crippen molar-refractivity contribution in [2.45, 2.75) is 52.6 Å². The highest BCUT2D eigenvalue weighted by molar-refractivity contribution is 5.95. The van der Waals surface area contributed by atoms with E-state index in [4.69, 9.17) is 4.74 Å². The third kappa shape index (κ3) is 2.35. The van der Waals surface area contributed by atoms with Gasteiger partial charge in [0.2, 0.25) is 5.91 Å². The van der Waals surface area contributed by atoms with Crippen LogP contribution in [-0.4, -0.2) is 11.5 Å². The number of anilines is 1. The molecule has 3 nitrogen and oxygen atoms in total. The summed E-state index contributed by atoms with van der Waals surface area (Å²) in [5, 5.41) is 2.98. The van der Waals surface area contributed by atoms with Gasteiger partial charge in [0.25, 0.3) is 0 Å². The van der Waals surface area contributed by atoms with Crippen LogP contribution in [0.15, 0.2) is 12.1 Å². The van der Waals surface area contributed by atoms with Crippen molar-refractivity contribution in [1.29, 1.82) is 0 Å². The molecule has 0 aliphatic carbocycles. The van der Waals surface area contributed by atoms with E-state index in [0.29, 0.717) is 12.3 Å². The van der Waals surface area contributed by atoms with Gasteiger partial charge < -0.3 is 10.1 Å². The van der Waals surface area contributed by atoms with E-state index in [1.807, 2.05) is 26.8 Å². The molecule has 0 radical (unpaired) electrons. The van der Waals surface area contributed by atoms with Crippen LogP contribution in [0, 0.1) is 6.92 Å². The Bertz CT molecular complexity index is 490. The lowest BCUT2D eigenvalue weighted by molar-refractivity contribution is -0.118. The van der Waals surface area contributed by atoms with Crippen molar-refractivity contribution >= 4 is 11.6 Å². The summed E-state index contributed by atoms with van der Waals surface area (Å²) in [5.41, 5.74) is 2.55. The molecular weight excluding hydrogens is 226 g/mol. The van der Waals surface area contributed by atoms with Gasteiger partial charge in [-0.2, -0.15) is 0 Å². The molecule has 2 rings (SSSR count). The molecule has 1 N–H and O–H groups in total. The minimum atomic E-state index is -0.466. The topological polar surface area (TPSA) is 38.3 Å². The summed E-state index contributed by atoms with van der Waals surface area (Å²) >= 11 is 0. The van der Waals surface area contributed by atoms with Gasteiger partial charge in [-0.1, -0.05) is 26.0 Å². The lowest BCUT2D eigenvalue weighted by atomic mass is 9.98. The Morgan fingerprint density at radius 1 is 1.33 bits per heavy atom. The second-order valence-corrected chi connectivity index (χ2v) is 5.92. The monoisotopic (exact) mass is 247 g/mol. The molecule has 1 aliphatic rings. The van der Waals surface area contributed by atoms with Crippen molar-refractivity contribution < 1.29 is 9.53 Å². The predicted molar refractivity (Wildman–Crippen MR) is 73.2 cm³/mol. The Labute approximate surface area is 109 Å². The lowest BCUT2D eigenvalue weighted by Crippen LogP contribution is -2.31. The zero-order valence-corrected chi connectivity index (χ0v) is 11.8. The first kappa shape index (κ1) is 12.9. The van der Waals surface area contributed by atoms with Gasteiger partial charge in [-0.25, -0.2) is 0 Å². The molecule has 1 aromatic rings. The van der Waals surface area contributed by atoms with E-state index in [1.54, 1.807) is 0 Å². The zero-order valence-electron chi connectivity index (χ0n) is 11.8. The molecule has 98 valence electrons. The molecule has 0 bridgehead atoms. The lowest BCUT2D eigenvalue weighted by Gasteiger charge is -2.26. The van der Waals surface area contributed by atoms with Gasteiger partial charge >= 0.3 is 0 Å². The Hall–Kier alpha value is -1.51. The fourth-order valence-electron chi connectivity index (χ4n) is 2.30. The number of amides is 1. The van der Waals surface area contributed by atoms with Gasteiger partial charge in [0, 0.05) is 0 Å². The summed E-state index contributed by atoms with van der Waals surface area (Å²) in [6.07, 6.45) is 0.374. The van der Waals surface area contributed by atoms with Crippen molar-refractivity contribution in [2.24, 2.45) is 0 Å². The van der Waals surface area contributed by atoms with E-state index < -0.39 is 5.60 Å². The quantitative estimate of drug-likeness (QED) is 0.823. The van der Waals surface area contributed by atoms with Crippen molar-refractivity contribution in [3.63, 3.8) is 0 Å². The maximum Gasteiger partial charge on any atom is 0.228 e. The number of carbonyl (C=O) groups is 1. The molecule has 0 saturated carbocycles. The highest BCUT2D eigenvalue weighted by Gasteiger charge is 2.31. The van der Waals surface area contributed by atoms with Gasteiger partial charge in [0.05, 0.1) is 12.1 Å². The normalized spacial score (nSPS) is 17.8. The van der Waals surface area contributed by atoms with E-state index in [2.05, 4.69) is 25.2 Å². The summed E-state index contributed by atoms with van der Waals surface area (Å²) in [7, 11) is 0. The van der Waals surface area contributed by atoms with Crippen molar-refractivity contribution in [1.82, 2.24) is 0 Å². The molecule has 1 aromatic carbocycles. The van der Waals surface area contributed by atoms with Gasteiger partial charge in [-0.3, -0.25) is 4.79 Å². The first-order chi connectivity index (χ1) is 8.30. The molecule has 0 saturated heterocycles. The molecule has 18 heavy (non-hydrogen) atoms. The van der Waals surface area contributed by atoms with E-state index in [0.717, 1.165) is 22.6 Å². The average Bonchev–Trinajstić information content (AvgIpc) is 2.32. The van der Waals surface area contributed by atoms with E-state index >= 15 is 0 Å². The Morgan fingerprint density at radius 3 is 2.61 bits per heavy atom. The molecule has 3 heteroatoms. The van der Waals surface area contributed by atoms with Crippen LogP contribution in [0.3, 0.4) is 0 Å². The Balaban J connectivity index is 2.62. The molecule has 0 unspecified atom stereocenters. The number of benzene rings is 1. The van der Waals surface area contributed by atoms with Gasteiger partial charge in [-0.15, -0.1) is 0 Å². The number of hydrogen-bond acceptors (Lipinski definition) is 2. The summed E-state index contributed by atoms with van der Waals surface area (Å²) in [6.45, 7) is 10.2. The van der Waals surface area contributed by atoms with Crippen LogP contribution in [0.4, 0.5) is 5.69 Å². The second kappa shape index (κ2) is 4.30. The van der Waals surface area contributed by atoms with Crippen molar-refractivity contribution in [2.75, 3.05) is 5.32 Å². The van der Waals surface area contributed by atoms with Crippen LogP contribution in [0.1, 0.15) is 51.2 Å². The fourth-order valence-corrected chi connectivity index (χ4v) is 2.30. The SMILES string of the molecule is Cc1ccc(C(C)C)c2c1NC(=O)CC(C)(C)O2. The zero-order chi connectivity index (χ0) is 13.5. The smallest absolute Gasteiger partial charge is 0.228 e. The van der Waals surface area contributed by atoms with Crippen molar-refractivity contribution in [3.05, 3.63) is 23.3 Å². The molecular formula is C15H21NO2. The Kier molecular flexibility index (Phi) is 3.09. The van der Waals surface area contributed by atoms with Crippen LogP contribution >= 0.6 is 0 Å². The number of nitrogens with one attached hydrogen (secondary N) is 1. The second-order valence-electron chi connectivity index (χ2n) is 5.92. The summed E-state index contributed by atoms with van der Waals surface area (Å²) < 4.78 is 6.10. The van der Waals surface area contributed by atoms with E-state index in [-0.39, 0.29) is 5.91 Å². The average molecular weight is 247 g/mol. The standard InChI is InChI=1S/C15H21NO2/c1-9(2)11-7-6-10(3)13-14(11)18-15(4,5)8-12(17)16-13/h6-7,9H,8H2,1-5H3,(H,16,17). The van der Waals surface area contributed by atoms with Gasteiger partial charge in [0.15, 0.2) is 0 Å². The number of carbonyl (C=O) groups excluding carboxylic acids is 1. The molecule has 0 spiro atoms. The first-order valence-electron chi connectivity index (χ1n) is 6.42. The highest BCUT2D eigenvalue weighted by atomic mass is 16.5. The van der Waals surface area contributed by atoms with Crippen LogP contribution in [0.5, 0.6) is 5.75 Å². The van der Waals surface area contributed by atoms with Crippen LogP contribution in [0.2, 0.25) is 0 Å². The summed E-state index contributed by atoms with van der Waals surface area (Å²) in [4.78, 5) is 11.9. The van der Waals surface area contributed by atoms with Crippen molar-refractivity contribution in [3.8, 4) is 5.75 Å². The van der Waals surface area contributed by atoms with Crippen LogP contribution in [0.25, 0.3) is 0 Å². The fraction of sp³-hybridized carbons (Fsp3) is 0.533. The molecule has 1 amide bonds. The molecule has 1 aliphatic heterocycles. The molecule has 0 atom stereocenters.